The smallest absolute Gasteiger partial charge is 0.412 e. The van der Waals surface area contributed by atoms with E-state index < -0.39 is 35.0 Å². The van der Waals surface area contributed by atoms with Crippen molar-refractivity contribution < 1.29 is 32.2 Å². The lowest BCUT2D eigenvalue weighted by Crippen LogP contribution is -2.67. The maximum absolute atomic E-state index is 17.5. The molecule has 60 heavy (non-hydrogen) atoms. The van der Waals surface area contributed by atoms with E-state index >= 15 is 8.78 Å². The molecule has 0 bridgehead atoms. The van der Waals surface area contributed by atoms with Crippen molar-refractivity contribution in [2.75, 3.05) is 49.5 Å². The van der Waals surface area contributed by atoms with Crippen LogP contribution < -0.4 is 15.0 Å². The fourth-order valence-electron chi connectivity index (χ4n) is 10.1. The molecule has 2 aromatic carbocycles. The van der Waals surface area contributed by atoms with E-state index in [9.17, 15) is 19.2 Å². The molecule has 4 atom stereocenters. The Morgan fingerprint density at radius 2 is 1.88 bits per heavy atom. The summed E-state index contributed by atoms with van der Waals surface area (Å²) in [5.74, 6) is -0.941. The molecule has 6 heterocycles. The molecule has 4 aromatic rings. The van der Waals surface area contributed by atoms with Crippen LogP contribution in [0.5, 0.6) is 6.01 Å². The molecule has 4 fully saturated rings. The third kappa shape index (κ3) is 7.50. The third-order valence-electron chi connectivity index (χ3n) is 12.5. The Hall–Kier alpha value is -4.39. The van der Waals surface area contributed by atoms with Crippen LogP contribution in [0.15, 0.2) is 18.2 Å². The normalized spacial score (nSPS) is 24.3. The molecule has 1 spiro atoms. The van der Waals surface area contributed by atoms with Crippen LogP contribution in [0.25, 0.3) is 32.1 Å². The molecule has 320 valence electrons. The highest BCUT2D eigenvalue weighted by Crippen LogP contribution is 2.51. The van der Waals surface area contributed by atoms with Crippen molar-refractivity contribution in [3.63, 3.8) is 0 Å². The molecule has 8 rings (SSSR count). The van der Waals surface area contributed by atoms with Crippen LogP contribution in [0.2, 0.25) is 5.02 Å². The van der Waals surface area contributed by atoms with Gasteiger partial charge in [0.15, 0.2) is 5.82 Å². The minimum Gasteiger partial charge on any atom is -0.461 e. The maximum Gasteiger partial charge on any atom is 0.412 e. The van der Waals surface area contributed by atoms with Crippen molar-refractivity contribution in [1.29, 1.82) is 5.26 Å². The minimum atomic E-state index is -0.975. The monoisotopic (exact) mass is 865 g/mol. The lowest BCUT2D eigenvalue weighted by molar-refractivity contribution is -0.155. The first-order valence-electron chi connectivity index (χ1n) is 20.7. The molecule has 16 heteroatoms. The molecular weight excluding hydrogens is 815 g/mol. The van der Waals surface area contributed by atoms with E-state index in [1.54, 1.807) is 26.8 Å². The zero-order valence-corrected chi connectivity index (χ0v) is 36.7. The van der Waals surface area contributed by atoms with Gasteiger partial charge < -0.3 is 19.3 Å². The molecule has 0 saturated carbocycles. The second kappa shape index (κ2) is 15.2. The predicted octanol–water partition coefficient (Wildman–Crippen LogP) is 9.87. The Bertz CT molecular complexity index is 2450. The van der Waals surface area contributed by atoms with Crippen LogP contribution in [0.1, 0.15) is 92.6 Å². The first kappa shape index (κ1) is 42.3. The number of carbonyl (C=O) groups excluding carboxylic acids is 2. The molecule has 4 saturated heterocycles. The van der Waals surface area contributed by atoms with E-state index in [-0.39, 0.29) is 77.7 Å². The number of hydrogen-bond acceptors (Lipinski definition) is 10. The molecule has 11 nitrogen and oxygen atoms in total. The van der Waals surface area contributed by atoms with Crippen LogP contribution in [-0.4, -0.2) is 94.5 Å². The summed E-state index contributed by atoms with van der Waals surface area (Å²) in [6, 6.07) is 6.15. The topological polar surface area (TPSA) is 124 Å². The second-order valence-corrected chi connectivity index (χ2v) is 20.6. The number of nitriles is 1. The summed E-state index contributed by atoms with van der Waals surface area (Å²) in [4.78, 5) is 41.9. The summed E-state index contributed by atoms with van der Waals surface area (Å²) in [6.45, 7) is 16.3. The molecule has 2 aromatic heterocycles. The Balaban J connectivity index is 1.22. The summed E-state index contributed by atoms with van der Waals surface area (Å²) >= 11 is 7.87. The number of nitrogens with one attached hydrogen (secondary N) is 1. The Morgan fingerprint density at radius 3 is 2.58 bits per heavy atom. The maximum atomic E-state index is 17.5. The highest BCUT2D eigenvalue weighted by Gasteiger charge is 2.57. The summed E-state index contributed by atoms with van der Waals surface area (Å²) < 4.78 is 59.6. The SMILES string of the molecule is CCC1N(C(=O)CC(C)(C)C)CC12CCN(c1nc(OC[C@@]34CCCN3C[C@H](F)C4)nc3c(F)c(-c4ccc(F)c5sc(NC(=O)OC(C)(C)C)c(C#N)c45)c(Cl)cc13)C2. The van der Waals surface area contributed by atoms with E-state index in [0.717, 1.165) is 43.6 Å². The number of thiophene rings is 1. The van der Waals surface area contributed by atoms with Crippen LogP contribution in [-0.2, 0) is 9.53 Å². The summed E-state index contributed by atoms with van der Waals surface area (Å²) in [6.07, 6.45) is 2.21. The van der Waals surface area contributed by atoms with Crippen LogP contribution in [0.3, 0.4) is 0 Å². The Morgan fingerprint density at radius 1 is 1.12 bits per heavy atom. The van der Waals surface area contributed by atoms with Crippen molar-refractivity contribution in [3.8, 4) is 23.2 Å². The zero-order valence-electron chi connectivity index (χ0n) is 35.1. The van der Waals surface area contributed by atoms with Crippen molar-refractivity contribution in [2.45, 2.75) is 110 Å². The van der Waals surface area contributed by atoms with Crippen molar-refractivity contribution >= 4 is 66.7 Å². The number of rotatable bonds is 8. The molecule has 4 aliphatic rings. The van der Waals surface area contributed by atoms with E-state index in [1.165, 1.54) is 12.1 Å². The lowest BCUT2D eigenvalue weighted by atomic mass is 9.69. The standard InChI is InChI=1S/C44H51ClF3N7O4S/c1-8-30-43(22-55(30)31(56)18-41(2,3)4)13-15-53(21-43)37-26-16-28(45)33(34(48)35(26)50-39(51-37)58-23-44-12-9-14-54(44)20-24(46)17-44)25-10-11-29(47)36-32(25)27(19-49)38(60-36)52-40(57)59-42(5,6)7/h10-11,16,24,30H,8-9,12-15,17-18,20-23H2,1-7H3,(H,52,57)/t24-,30?,43?,44+/m1/s1. The van der Waals surface area contributed by atoms with Gasteiger partial charge in [0.05, 0.1) is 20.8 Å². The number of aromatic nitrogens is 2. The lowest BCUT2D eigenvalue weighted by Gasteiger charge is -2.56. The van der Waals surface area contributed by atoms with Gasteiger partial charge in [-0.2, -0.15) is 15.2 Å². The van der Waals surface area contributed by atoms with Crippen LogP contribution in [0, 0.1) is 33.8 Å². The van der Waals surface area contributed by atoms with Crippen molar-refractivity contribution in [2.24, 2.45) is 10.8 Å². The van der Waals surface area contributed by atoms with Crippen molar-refractivity contribution in [1.82, 2.24) is 19.8 Å². The molecule has 0 radical (unpaired) electrons. The fourth-order valence-corrected chi connectivity index (χ4v) is 11.4. The highest BCUT2D eigenvalue weighted by atomic mass is 35.5. The van der Waals surface area contributed by atoms with Gasteiger partial charge in [0, 0.05) is 66.8 Å². The quantitative estimate of drug-likeness (QED) is 0.184. The number of anilines is 2. The van der Waals surface area contributed by atoms with Gasteiger partial charge in [-0.3, -0.25) is 15.0 Å². The average molecular weight is 866 g/mol. The van der Waals surface area contributed by atoms with Gasteiger partial charge in [-0.05, 0) is 76.1 Å². The van der Waals surface area contributed by atoms with E-state index in [2.05, 4.69) is 53.9 Å². The van der Waals surface area contributed by atoms with Crippen molar-refractivity contribution in [3.05, 3.63) is 40.4 Å². The predicted molar refractivity (Wildman–Crippen MR) is 228 cm³/mol. The number of likely N-dealkylation sites (tertiary alicyclic amines) is 1. The number of fused-ring (bicyclic) bond motifs is 3. The van der Waals surface area contributed by atoms with Crippen LogP contribution >= 0.6 is 22.9 Å². The molecule has 2 amide bonds. The number of hydrogen-bond donors (Lipinski definition) is 1. The van der Waals surface area contributed by atoms with E-state index in [0.29, 0.717) is 50.2 Å². The average Bonchev–Trinajstić information content (AvgIpc) is 3.91. The zero-order chi connectivity index (χ0) is 43.1. The number of halogens is 4. The summed E-state index contributed by atoms with van der Waals surface area (Å²) in [5.41, 5.74) is -1.84. The number of carbonyl (C=O) groups is 2. The van der Waals surface area contributed by atoms with Gasteiger partial charge in [0.25, 0.3) is 0 Å². The van der Waals surface area contributed by atoms with Gasteiger partial charge in [0.2, 0.25) is 5.91 Å². The van der Waals surface area contributed by atoms with Gasteiger partial charge >= 0.3 is 12.1 Å². The first-order valence-corrected chi connectivity index (χ1v) is 21.9. The highest BCUT2D eigenvalue weighted by molar-refractivity contribution is 7.23. The van der Waals surface area contributed by atoms with Gasteiger partial charge in [-0.1, -0.05) is 45.4 Å². The number of amides is 2. The molecule has 4 aliphatic heterocycles. The third-order valence-corrected chi connectivity index (χ3v) is 13.9. The number of alkyl halides is 1. The van der Waals surface area contributed by atoms with Gasteiger partial charge in [-0.25, -0.2) is 18.0 Å². The van der Waals surface area contributed by atoms with Gasteiger partial charge in [0.1, 0.15) is 46.6 Å². The largest absolute Gasteiger partial charge is 0.461 e. The molecule has 2 unspecified atom stereocenters. The summed E-state index contributed by atoms with van der Waals surface area (Å²) in [7, 11) is 0. The minimum absolute atomic E-state index is 0.0181. The number of ether oxygens (including phenoxy) is 2. The Labute approximate surface area is 357 Å². The number of benzene rings is 2. The first-order chi connectivity index (χ1) is 28.2. The second-order valence-electron chi connectivity index (χ2n) is 19.2. The molecular formula is C44H51ClF3N7O4S. The molecule has 0 aliphatic carbocycles. The van der Waals surface area contributed by atoms with E-state index in [4.69, 9.17) is 26.1 Å². The van der Waals surface area contributed by atoms with Crippen LogP contribution in [0.4, 0.5) is 28.8 Å². The van der Waals surface area contributed by atoms with E-state index in [1.807, 2.05) is 4.90 Å². The molecule has 1 N–H and O–H groups in total. The van der Waals surface area contributed by atoms with Gasteiger partial charge in [-0.15, -0.1) is 11.3 Å². The number of nitrogens with zero attached hydrogens (tertiary/aromatic N) is 6. The fraction of sp³-hybridized carbons (Fsp3) is 0.568. The summed E-state index contributed by atoms with van der Waals surface area (Å²) in [5, 5.41) is 13.4. The Kier molecular flexibility index (Phi) is 10.7.